The number of hydrogen-bond donors (Lipinski definition) is 4. The topological polar surface area (TPSA) is 104 Å². The SMILES string of the molecule is COc1ccc([C@@H]2N[C@H](CO)[C@@H](O)[C@H]2O)c(OC)n1. The molecule has 0 spiro atoms. The Kier molecular flexibility index (Phi) is 4.20. The predicted octanol–water partition coefficient (Wildman–Crippen LogP) is -1.17. The molecule has 1 saturated heterocycles. The summed E-state index contributed by atoms with van der Waals surface area (Å²) in [7, 11) is 2.96. The number of methoxy groups -OCH3 is 2. The molecule has 0 aromatic carbocycles. The van der Waals surface area contributed by atoms with Gasteiger partial charge in [-0.15, -0.1) is 0 Å². The van der Waals surface area contributed by atoms with Crippen molar-refractivity contribution in [3.8, 4) is 11.8 Å². The highest BCUT2D eigenvalue weighted by atomic mass is 16.5. The summed E-state index contributed by atoms with van der Waals surface area (Å²) < 4.78 is 10.2. The summed E-state index contributed by atoms with van der Waals surface area (Å²) in [5.74, 6) is 0.703. The Balaban J connectivity index is 2.31. The lowest BCUT2D eigenvalue weighted by atomic mass is 10.0. The van der Waals surface area contributed by atoms with Crippen LogP contribution in [0.25, 0.3) is 0 Å². The Morgan fingerprint density at radius 2 is 1.95 bits per heavy atom. The minimum Gasteiger partial charge on any atom is -0.481 e. The smallest absolute Gasteiger partial charge is 0.221 e. The molecule has 7 heteroatoms. The Morgan fingerprint density at radius 1 is 1.21 bits per heavy atom. The monoisotopic (exact) mass is 270 g/mol. The Morgan fingerprint density at radius 3 is 2.47 bits per heavy atom. The number of hydrogen-bond acceptors (Lipinski definition) is 7. The molecular weight excluding hydrogens is 252 g/mol. The maximum atomic E-state index is 10.0. The molecule has 19 heavy (non-hydrogen) atoms. The first kappa shape index (κ1) is 14.0. The van der Waals surface area contributed by atoms with Crippen LogP contribution in [0.4, 0.5) is 0 Å². The molecule has 1 aromatic heterocycles. The summed E-state index contributed by atoms with van der Waals surface area (Å²) in [5, 5.41) is 31.9. The molecule has 1 aliphatic heterocycles. The fourth-order valence-corrected chi connectivity index (χ4v) is 2.25. The zero-order valence-electron chi connectivity index (χ0n) is 10.8. The van der Waals surface area contributed by atoms with E-state index in [9.17, 15) is 10.2 Å². The number of nitrogens with one attached hydrogen (secondary N) is 1. The van der Waals surface area contributed by atoms with Gasteiger partial charge in [0.05, 0.1) is 39.0 Å². The van der Waals surface area contributed by atoms with Gasteiger partial charge < -0.3 is 30.1 Å². The second-order valence-corrected chi connectivity index (χ2v) is 4.37. The van der Waals surface area contributed by atoms with Crippen LogP contribution in [0.2, 0.25) is 0 Å². The second kappa shape index (κ2) is 5.70. The minimum atomic E-state index is -1.04. The van der Waals surface area contributed by atoms with Crippen LogP contribution in [-0.2, 0) is 0 Å². The van der Waals surface area contributed by atoms with Gasteiger partial charge in [0, 0.05) is 11.6 Å². The number of rotatable bonds is 4. The highest BCUT2D eigenvalue weighted by Gasteiger charge is 2.42. The highest BCUT2D eigenvalue weighted by Crippen LogP contribution is 2.33. The first-order valence-electron chi connectivity index (χ1n) is 5.94. The van der Waals surface area contributed by atoms with E-state index in [2.05, 4.69) is 10.3 Å². The van der Waals surface area contributed by atoms with Crippen molar-refractivity contribution in [2.24, 2.45) is 0 Å². The quantitative estimate of drug-likeness (QED) is 0.546. The fraction of sp³-hybridized carbons (Fsp3) is 0.583. The van der Waals surface area contributed by atoms with E-state index >= 15 is 0 Å². The third-order valence-electron chi connectivity index (χ3n) is 3.30. The van der Waals surface area contributed by atoms with E-state index in [1.807, 2.05) is 0 Å². The van der Waals surface area contributed by atoms with Gasteiger partial charge in [-0.25, -0.2) is 0 Å². The van der Waals surface area contributed by atoms with Crippen molar-refractivity contribution >= 4 is 0 Å². The highest BCUT2D eigenvalue weighted by molar-refractivity contribution is 5.35. The minimum absolute atomic E-state index is 0.263. The fourth-order valence-electron chi connectivity index (χ4n) is 2.25. The van der Waals surface area contributed by atoms with Gasteiger partial charge >= 0.3 is 0 Å². The van der Waals surface area contributed by atoms with Gasteiger partial charge in [-0.1, -0.05) is 0 Å². The summed E-state index contributed by atoms with van der Waals surface area (Å²) >= 11 is 0. The van der Waals surface area contributed by atoms with Crippen molar-refractivity contribution in [3.63, 3.8) is 0 Å². The first-order valence-corrected chi connectivity index (χ1v) is 5.94. The third kappa shape index (κ3) is 2.50. The van der Waals surface area contributed by atoms with Crippen LogP contribution in [0.1, 0.15) is 11.6 Å². The molecule has 0 radical (unpaired) electrons. The lowest BCUT2D eigenvalue weighted by molar-refractivity contribution is 0.0191. The maximum Gasteiger partial charge on any atom is 0.221 e. The summed E-state index contributed by atoms with van der Waals surface area (Å²) in [6, 6.07) is 2.22. The lowest BCUT2D eigenvalue weighted by Gasteiger charge is -2.18. The second-order valence-electron chi connectivity index (χ2n) is 4.37. The first-order chi connectivity index (χ1) is 9.12. The molecule has 4 N–H and O–H groups in total. The number of aliphatic hydroxyl groups excluding tert-OH is 3. The molecule has 0 aliphatic carbocycles. The van der Waals surface area contributed by atoms with Crippen LogP contribution in [0.15, 0.2) is 12.1 Å². The van der Waals surface area contributed by atoms with E-state index in [0.717, 1.165) is 0 Å². The molecule has 0 amide bonds. The molecule has 106 valence electrons. The van der Waals surface area contributed by atoms with Crippen LogP contribution < -0.4 is 14.8 Å². The molecule has 1 aliphatic rings. The molecule has 1 fully saturated rings. The number of aliphatic hydroxyl groups is 3. The lowest BCUT2D eigenvalue weighted by Crippen LogP contribution is -2.35. The van der Waals surface area contributed by atoms with Crippen molar-refractivity contribution < 1.29 is 24.8 Å². The largest absolute Gasteiger partial charge is 0.481 e. The van der Waals surface area contributed by atoms with Crippen LogP contribution in [-0.4, -0.2) is 59.4 Å². The molecular formula is C12H18N2O5. The van der Waals surface area contributed by atoms with E-state index in [-0.39, 0.29) is 6.61 Å². The zero-order chi connectivity index (χ0) is 14.0. The molecule has 2 heterocycles. The standard InChI is InChI=1S/C12H18N2O5/c1-18-8-4-3-6(12(14-8)19-2)9-11(17)10(16)7(5-15)13-9/h3-4,7,9-11,13,15-17H,5H2,1-2H3/t7-,9+,10-,11+/m1/s1. The van der Waals surface area contributed by atoms with Gasteiger partial charge in [-0.05, 0) is 6.07 Å². The van der Waals surface area contributed by atoms with Crippen molar-refractivity contribution in [3.05, 3.63) is 17.7 Å². The van der Waals surface area contributed by atoms with Crippen LogP contribution in [0, 0.1) is 0 Å². The predicted molar refractivity (Wildman–Crippen MR) is 66.1 cm³/mol. The Bertz CT molecular complexity index is 442. The molecule has 2 rings (SSSR count). The van der Waals surface area contributed by atoms with E-state index in [1.165, 1.54) is 14.2 Å². The normalized spacial score (nSPS) is 30.4. The zero-order valence-corrected chi connectivity index (χ0v) is 10.8. The van der Waals surface area contributed by atoms with Gasteiger partial charge in [-0.3, -0.25) is 0 Å². The summed E-state index contributed by atoms with van der Waals surface area (Å²) in [6.45, 7) is -0.263. The summed E-state index contributed by atoms with van der Waals surface area (Å²) in [4.78, 5) is 4.12. The average molecular weight is 270 g/mol. The number of pyridine rings is 1. The number of aromatic nitrogens is 1. The van der Waals surface area contributed by atoms with E-state index < -0.39 is 24.3 Å². The molecule has 7 nitrogen and oxygen atoms in total. The van der Waals surface area contributed by atoms with Crippen molar-refractivity contribution in [2.75, 3.05) is 20.8 Å². The van der Waals surface area contributed by atoms with E-state index in [0.29, 0.717) is 17.3 Å². The average Bonchev–Trinajstić information content (AvgIpc) is 2.74. The Hall–Kier alpha value is -1.41. The molecule has 0 saturated carbocycles. The number of ether oxygens (including phenoxy) is 2. The number of nitrogens with zero attached hydrogens (tertiary/aromatic N) is 1. The molecule has 4 atom stereocenters. The van der Waals surface area contributed by atoms with Crippen LogP contribution >= 0.6 is 0 Å². The van der Waals surface area contributed by atoms with Crippen LogP contribution in [0.3, 0.4) is 0 Å². The molecule has 0 bridgehead atoms. The van der Waals surface area contributed by atoms with Crippen molar-refractivity contribution in [1.82, 2.24) is 10.3 Å². The van der Waals surface area contributed by atoms with E-state index in [1.54, 1.807) is 12.1 Å². The van der Waals surface area contributed by atoms with Crippen molar-refractivity contribution in [2.45, 2.75) is 24.3 Å². The van der Waals surface area contributed by atoms with Gasteiger partial charge in [0.2, 0.25) is 11.8 Å². The summed E-state index contributed by atoms with van der Waals surface area (Å²) in [6.07, 6.45) is -2.08. The van der Waals surface area contributed by atoms with Crippen molar-refractivity contribution in [1.29, 1.82) is 0 Å². The summed E-state index contributed by atoms with van der Waals surface area (Å²) in [5.41, 5.74) is 0.603. The van der Waals surface area contributed by atoms with Gasteiger partial charge in [-0.2, -0.15) is 4.98 Å². The third-order valence-corrected chi connectivity index (χ3v) is 3.30. The maximum absolute atomic E-state index is 10.0. The Labute approximate surface area is 110 Å². The van der Waals surface area contributed by atoms with Gasteiger partial charge in [0.15, 0.2) is 0 Å². The van der Waals surface area contributed by atoms with Crippen LogP contribution in [0.5, 0.6) is 11.8 Å². The molecule has 1 aromatic rings. The van der Waals surface area contributed by atoms with Gasteiger partial charge in [0.25, 0.3) is 0 Å². The van der Waals surface area contributed by atoms with Gasteiger partial charge in [0.1, 0.15) is 6.10 Å². The molecule has 0 unspecified atom stereocenters. The van der Waals surface area contributed by atoms with E-state index in [4.69, 9.17) is 14.6 Å².